The molecule has 0 atom stereocenters. The predicted octanol–water partition coefficient (Wildman–Crippen LogP) is 3.84. The average molecular weight is 320 g/mol. The number of halogens is 2. The second kappa shape index (κ2) is 6.36. The van der Waals surface area contributed by atoms with E-state index < -0.39 is 0 Å². The van der Waals surface area contributed by atoms with Crippen LogP contribution in [0.3, 0.4) is 0 Å². The van der Waals surface area contributed by atoms with Gasteiger partial charge in [-0.25, -0.2) is 4.39 Å². The molecular weight excluding hydrogens is 305 g/mol. The molecule has 0 saturated heterocycles. The minimum atomic E-state index is -0.336. The molecule has 0 N–H and O–H groups in total. The maximum atomic E-state index is 13.4. The zero-order chi connectivity index (χ0) is 15.5. The van der Waals surface area contributed by atoms with E-state index in [1.807, 2.05) is 0 Å². The van der Waals surface area contributed by atoms with E-state index in [1.54, 1.807) is 35.2 Å². The summed E-state index contributed by atoms with van der Waals surface area (Å²) in [5.41, 5.74) is 1.64. The molecule has 3 rings (SSSR count). The van der Waals surface area contributed by atoms with Crippen LogP contribution in [0.1, 0.15) is 12.0 Å². The van der Waals surface area contributed by atoms with Crippen molar-refractivity contribution in [1.82, 2.24) is 0 Å². The molecule has 0 aromatic heterocycles. The molecule has 3 nitrogen and oxygen atoms in total. The van der Waals surface area contributed by atoms with Crippen molar-refractivity contribution in [2.45, 2.75) is 12.8 Å². The molecule has 0 unspecified atom stereocenters. The fraction of sp³-hybridized carbons (Fsp3) is 0.235. The van der Waals surface area contributed by atoms with Gasteiger partial charge in [0.2, 0.25) is 0 Å². The first-order valence-corrected chi connectivity index (χ1v) is 7.48. The summed E-state index contributed by atoms with van der Waals surface area (Å²) in [6.45, 7) is 0.497. The smallest absolute Gasteiger partial charge is 0.264 e. The van der Waals surface area contributed by atoms with Crippen LogP contribution in [-0.2, 0) is 11.2 Å². The average Bonchev–Trinajstić information content (AvgIpc) is 2.53. The zero-order valence-electron chi connectivity index (χ0n) is 11.9. The molecular formula is C17H15ClFNO2. The molecule has 1 amide bonds. The number of carbonyl (C=O) groups excluding carboxylic acids is 1. The molecule has 5 heteroatoms. The third kappa shape index (κ3) is 3.22. The van der Waals surface area contributed by atoms with Crippen molar-refractivity contribution in [2.75, 3.05) is 18.1 Å². The maximum Gasteiger partial charge on any atom is 0.264 e. The van der Waals surface area contributed by atoms with Gasteiger partial charge in [-0.2, -0.15) is 0 Å². The van der Waals surface area contributed by atoms with Gasteiger partial charge < -0.3 is 9.64 Å². The fourth-order valence-corrected chi connectivity index (χ4v) is 2.69. The number of anilines is 1. The highest BCUT2D eigenvalue weighted by molar-refractivity contribution is 6.30. The van der Waals surface area contributed by atoms with Gasteiger partial charge in [-0.15, -0.1) is 0 Å². The summed E-state index contributed by atoms with van der Waals surface area (Å²) in [4.78, 5) is 14.0. The Morgan fingerprint density at radius 2 is 2.00 bits per heavy atom. The fourth-order valence-electron chi connectivity index (χ4n) is 2.56. The van der Waals surface area contributed by atoms with Gasteiger partial charge >= 0.3 is 0 Å². The van der Waals surface area contributed by atoms with E-state index in [1.165, 1.54) is 12.1 Å². The first-order chi connectivity index (χ1) is 10.6. The van der Waals surface area contributed by atoms with Gasteiger partial charge in [-0.05, 0) is 54.8 Å². The largest absolute Gasteiger partial charge is 0.484 e. The lowest BCUT2D eigenvalue weighted by Gasteiger charge is -2.29. The predicted molar refractivity (Wildman–Crippen MR) is 84.0 cm³/mol. The molecule has 2 aromatic rings. The molecule has 0 bridgehead atoms. The number of carbonyl (C=O) groups is 1. The van der Waals surface area contributed by atoms with Gasteiger partial charge in [-0.1, -0.05) is 17.7 Å². The Labute approximate surface area is 133 Å². The van der Waals surface area contributed by atoms with Gasteiger partial charge in [-0.3, -0.25) is 4.79 Å². The molecule has 114 valence electrons. The number of benzene rings is 2. The zero-order valence-corrected chi connectivity index (χ0v) is 12.6. The second-order valence-corrected chi connectivity index (χ2v) is 5.60. The van der Waals surface area contributed by atoms with Crippen molar-refractivity contribution in [3.8, 4) is 5.75 Å². The number of aryl methyl sites for hydroxylation is 1. The van der Waals surface area contributed by atoms with E-state index in [4.69, 9.17) is 16.3 Å². The summed E-state index contributed by atoms with van der Waals surface area (Å²) in [5, 5.41) is 0.610. The third-order valence-electron chi connectivity index (χ3n) is 3.64. The highest BCUT2D eigenvalue weighted by Gasteiger charge is 2.23. The van der Waals surface area contributed by atoms with E-state index in [0.717, 1.165) is 18.4 Å². The minimum absolute atomic E-state index is 0.0857. The quantitative estimate of drug-likeness (QED) is 0.860. The van der Waals surface area contributed by atoms with E-state index in [-0.39, 0.29) is 18.3 Å². The molecule has 2 aromatic carbocycles. The third-order valence-corrected chi connectivity index (χ3v) is 3.89. The molecule has 22 heavy (non-hydrogen) atoms. The number of hydrogen-bond donors (Lipinski definition) is 0. The van der Waals surface area contributed by atoms with E-state index >= 15 is 0 Å². The standard InChI is InChI=1S/C17H15ClFNO2/c18-13-4-7-15(8-5-13)22-11-17(21)20-9-1-2-12-3-6-14(19)10-16(12)20/h3-8,10H,1-2,9,11H2. The van der Waals surface area contributed by atoms with Crippen molar-refractivity contribution >= 4 is 23.2 Å². The van der Waals surface area contributed by atoms with E-state index in [9.17, 15) is 9.18 Å². The van der Waals surface area contributed by atoms with Crippen molar-refractivity contribution in [2.24, 2.45) is 0 Å². The molecule has 0 aliphatic carbocycles. The normalized spacial score (nSPS) is 13.6. The minimum Gasteiger partial charge on any atom is -0.484 e. The Hall–Kier alpha value is -2.07. The van der Waals surface area contributed by atoms with Crippen LogP contribution in [0.4, 0.5) is 10.1 Å². The summed E-state index contributed by atoms with van der Waals surface area (Å²) in [6.07, 6.45) is 1.72. The Morgan fingerprint density at radius 1 is 1.23 bits per heavy atom. The summed E-state index contributed by atoms with van der Waals surface area (Å²) in [5.74, 6) is 0.0628. The summed E-state index contributed by atoms with van der Waals surface area (Å²) in [6, 6.07) is 11.4. The number of hydrogen-bond acceptors (Lipinski definition) is 2. The highest BCUT2D eigenvalue weighted by Crippen LogP contribution is 2.28. The van der Waals surface area contributed by atoms with Gasteiger partial charge in [0.15, 0.2) is 6.61 Å². The Kier molecular flexibility index (Phi) is 4.29. The molecule has 0 saturated carbocycles. The van der Waals surface area contributed by atoms with Crippen LogP contribution in [0.25, 0.3) is 0 Å². The van der Waals surface area contributed by atoms with Crippen LogP contribution in [0, 0.1) is 5.82 Å². The summed E-state index contributed by atoms with van der Waals surface area (Å²) >= 11 is 5.80. The topological polar surface area (TPSA) is 29.5 Å². The number of fused-ring (bicyclic) bond motifs is 1. The molecule has 0 radical (unpaired) electrons. The first-order valence-electron chi connectivity index (χ1n) is 7.10. The lowest BCUT2D eigenvalue weighted by atomic mass is 10.0. The molecule has 1 heterocycles. The Morgan fingerprint density at radius 3 is 2.77 bits per heavy atom. The van der Waals surface area contributed by atoms with Crippen molar-refractivity contribution in [1.29, 1.82) is 0 Å². The van der Waals surface area contributed by atoms with Crippen molar-refractivity contribution in [3.05, 3.63) is 58.9 Å². The van der Waals surface area contributed by atoms with Crippen LogP contribution in [0.5, 0.6) is 5.75 Å². The lowest BCUT2D eigenvalue weighted by molar-refractivity contribution is -0.120. The molecule has 0 fully saturated rings. The monoisotopic (exact) mass is 319 g/mol. The van der Waals surface area contributed by atoms with E-state index in [0.29, 0.717) is 23.0 Å². The highest BCUT2D eigenvalue weighted by atomic mass is 35.5. The van der Waals surface area contributed by atoms with Gasteiger partial charge in [0, 0.05) is 17.3 Å². The first kappa shape index (κ1) is 14.9. The maximum absolute atomic E-state index is 13.4. The van der Waals surface area contributed by atoms with Crippen molar-refractivity contribution < 1.29 is 13.9 Å². The van der Waals surface area contributed by atoms with E-state index in [2.05, 4.69) is 0 Å². The van der Waals surface area contributed by atoms with Gasteiger partial charge in [0.25, 0.3) is 5.91 Å². The number of ether oxygens (including phenoxy) is 1. The SMILES string of the molecule is O=C(COc1ccc(Cl)cc1)N1CCCc2ccc(F)cc21. The van der Waals surface area contributed by atoms with Gasteiger partial charge in [0.1, 0.15) is 11.6 Å². The summed E-state index contributed by atoms with van der Waals surface area (Å²) in [7, 11) is 0. The molecule has 0 spiro atoms. The van der Waals surface area contributed by atoms with Crippen LogP contribution in [0.15, 0.2) is 42.5 Å². The van der Waals surface area contributed by atoms with Crippen LogP contribution < -0.4 is 9.64 Å². The molecule has 1 aliphatic heterocycles. The lowest BCUT2D eigenvalue weighted by Crippen LogP contribution is -2.38. The second-order valence-electron chi connectivity index (χ2n) is 5.16. The van der Waals surface area contributed by atoms with Crippen molar-refractivity contribution in [3.63, 3.8) is 0 Å². The number of nitrogens with zero attached hydrogens (tertiary/aromatic N) is 1. The number of rotatable bonds is 3. The van der Waals surface area contributed by atoms with Crippen LogP contribution >= 0.6 is 11.6 Å². The Bertz CT molecular complexity index is 688. The number of amides is 1. The van der Waals surface area contributed by atoms with Gasteiger partial charge in [0.05, 0.1) is 0 Å². The Balaban J connectivity index is 1.71. The van der Waals surface area contributed by atoms with Crippen LogP contribution in [-0.4, -0.2) is 19.1 Å². The summed E-state index contributed by atoms with van der Waals surface area (Å²) < 4.78 is 18.9. The van der Waals surface area contributed by atoms with Crippen LogP contribution in [0.2, 0.25) is 5.02 Å². The molecule has 1 aliphatic rings.